The van der Waals surface area contributed by atoms with Crippen molar-refractivity contribution in [3.8, 4) is 6.07 Å². The molecule has 17 heteroatoms. The predicted molar refractivity (Wildman–Crippen MR) is 143 cm³/mol. The van der Waals surface area contributed by atoms with Crippen molar-refractivity contribution in [1.82, 2.24) is 5.48 Å². The van der Waals surface area contributed by atoms with Gasteiger partial charge in [-0.05, 0) is 42.8 Å². The van der Waals surface area contributed by atoms with E-state index in [1.807, 2.05) is 6.07 Å². The van der Waals surface area contributed by atoms with Gasteiger partial charge in [-0.2, -0.15) is 31.6 Å². The number of anilines is 2. The highest BCUT2D eigenvalue weighted by atomic mass is 19.4. The Morgan fingerprint density at radius 2 is 1.60 bits per heavy atom. The maximum atomic E-state index is 15.8. The molecule has 0 heterocycles. The van der Waals surface area contributed by atoms with Crippen LogP contribution < -0.4 is 21.2 Å². The third-order valence-corrected chi connectivity index (χ3v) is 6.47. The Kier molecular flexibility index (Phi) is 9.93. The Morgan fingerprint density at radius 1 is 0.978 bits per heavy atom. The predicted octanol–water partition coefficient (Wildman–Crippen LogP) is 4.88. The number of nitrogens with zero attached hydrogens (tertiary/aromatic N) is 2. The van der Waals surface area contributed by atoms with Crippen LogP contribution in [0.2, 0.25) is 0 Å². The molecule has 0 spiro atoms. The lowest BCUT2D eigenvalue weighted by Gasteiger charge is -2.31. The average Bonchev–Trinajstić information content (AvgIpc) is 2.97. The van der Waals surface area contributed by atoms with Crippen molar-refractivity contribution in [2.75, 3.05) is 16.8 Å². The molecule has 0 saturated carbocycles. The first-order valence-electron chi connectivity index (χ1n) is 12.4. The van der Waals surface area contributed by atoms with E-state index in [1.165, 1.54) is 29.7 Å². The van der Waals surface area contributed by atoms with E-state index in [1.54, 1.807) is 0 Å². The van der Waals surface area contributed by atoms with Gasteiger partial charge in [-0.25, -0.2) is 14.3 Å². The second kappa shape index (κ2) is 12.9. The normalized spacial score (nSPS) is 11.8. The molecular weight excluding hydrogens is 619 g/mol. The van der Waals surface area contributed by atoms with E-state index < -0.39 is 88.1 Å². The number of halogens is 8. The highest BCUT2D eigenvalue weighted by molar-refractivity contribution is 6.37. The number of alkyl halides is 7. The van der Waals surface area contributed by atoms with Crippen LogP contribution in [0.25, 0.3) is 0 Å². The number of carbonyl (C=O) groups is 3. The first kappa shape index (κ1) is 34.5. The van der Waals surface area contributed by atoms with Crippen LogP contribution in [0.1, 0.15) is 43.8 Å². The number of hydroxylamine groups is 1. The molecule has 3 aromatic rings. The van der Waals surface area contributed by atoms with Crippen LogP contribution in [0, 0.1) is 24.1 Å². The Labute approximate surface area is 250 Å². The highest BCUT2D eigenvalue weighted by Crippen LogP contribution is 2.53. The number of rotatable bonds is 8. The summed E-state index contributed by atoms with van der Waals surface area (Å²) in [6.07, 6.45) is -13.4. The van der Waals surface area contributed by atoms with Crippen LogP contribution in [0.3, 0.4) is 0 Å². The standard InChI is InChI=1S/C28H19BF8N4O4/c1-14-10-17(26(31,27(32,33)34)28(35,36)37)12-19(29)23(14)39-24(43)18-6-3-7-20(22(18)30)41(9-8-21(42)40-45)25(44)16-5-2-4-15(11-16)13-38/h2-7,10-12,45H,8-9H2,1H3,(H,39,43)(H,40,42). The summed E-state index contributed by atoms with van der Waals surface area (Å²) >= 11 is 0. The van der Waals surface area contributed by atoms with Crippen molar-refractivity contribution in [2.45, 2.75) is 31.4 Å². The zero-order valence-corrected chi connectivity index (χ0v) is 22.8. The number of nitrogens with one attached hydrogen (secondary N) is 2. The molecule has 2 radical (unpaired) electrons. The molecule has 0 aliphatic carbocycles. The lowest BCUT2D eigenvalue weighted by molar-refractivity contribution is -0.348. The van der Waals surface area contributed by atoms with Crippen molar-refractivity contribution in [2.24, 2.45) is 0 Å². The Morgan fingerprint density at radius 3 is 2.16 bits per heavy atom. The summed E-state index contributed by atoms with van der Waals surface area (Å²) in [4.78, 5) is 38.8. The molecule has 0 unspecified atom stereocenters. The number of nitriles is 1. The minimum Gasteiger partial charge on any atom is -0.322 e. The van der Waals surface area contributed by atoms with Crippen molar-refractivity contribution in [3.63, 3.8) is 0 Å². The average molecular weight is 638 g/mol. The largest absolute Gasteiger partial charge is 0.435 e. The Balaban J connectivity index is 2.04. The smallest absolute Gasteiger partial charge is 0.322 e. The SMILES string of the molecule is [B]c1cc(C(F)(C(F)(F)F)C(F)(F)F)cc(C)c1NC(=O)c1cccc(N(CCC(=O)NO)C(=O)c2cccc(C#N)c2)c1F. The van der Waals surface area contributed by atoms with E-state index in [-0.39, 0.29) is 23.3 Å². The van der Waals surface area contributed by atoms with Crippen molar-refractivity contribution < 1.29 is 54.7 Å². The van der Waals surface area contributed by atoms with Gasteiger partial charge in [-0.1, -0.05) is 29.7 Å². The fourth-order valence-corrected chi connectivity index (χ4v) is 4.23. The fourth-order valence-electron chi connectivity index (χ4n) is 4.23. The van der Waals surface area contributed by atoms with Gasteiger partial charge in [-0.15, -0.1) is 0 Å². The fraction of sp³-hybridized carbons (Fsp3) is 0.214. The molecule has 0 atom stereocenters. The van der Waals surface area contributed by atoms with Gasteiger partial charge < -0.3 is 10.2 Å². The number of hydrogen-bond acceptors (Lipinski definition) is 5. The van der Waals surface area contributed by atoms with E-state index in [9.17, 15) is 45.1 Å². The molecule has 234 valence electrons. The van der Waals surface area contributed by atoms with Crippen molar-refractivity contribution in [3.05, 3.63) is 88.2 Å². The van der Waals surface area contributed by atoms with Gasteiger partial charge in [0.25, 0.3) is 11.8 Å². The summed E-state index contributed by atoms with van der Waals surface area (Å²) in [7, 11) is 5.61. The molecule has 45 heavy (non-hydrogen) atoms. The summed E-state index contributed by atoms with van der Waals surface area (Å²) in [6, 6.07) is 10.3. The molecule has 3 N–H and O–H groups in total. The third-order valence-electron chi connectivity index (χ3n) is 6.47. The lowest BCUT2D eigenvalue weighted by atomic mass is 9.84. The first-order valence-corrected chi connectivity index (χ1v) is 12.4. The number of aryl methyl sites for hydroxylation is 1. The molecule has 8 nitrogen and oxygen atoms in total. The lowest BCUT2D eigenvalue weighted by Crippen LogP contribution is -2.50. The van der Waals surface area contributed by atoms with Crippen molar-refractivity contribution in [1.29, 1.82) is 5.26 Å². The minimum atomic E-state index is -6.42. The van der Waals surface area contributed by atoms with Gasteiger partial charge in [0.1, 0.15) is 7.85 Å². The van der Waals surface area contributed by atoms with Crippen LogP contribution >= 0.6 is 0 Å². The van der Waals surface area contributed by atoms with Gasteiger partial charge in [0.05, 0.1) is 22.9 Å². The maximum Gasteiger partial charge on any atom is 0.435 e. The first-order chi connectivity index (χ1) is 20.9. The molecule has 3 aromatic carbocycles. The van der Waals surface area contributed by atoms with E-state index in [4.69, 9.17) is 18.3 Å². The van der Waals surface area contributed by atoms with Crippen LogP contribution in [0.5, 0.6) is 0 Å². The molecule has 0 bridgehead atoms. The topological polar surface area (TPSA) is 123 Å². The third kappa shape index (κ3) is 6.90. The van der Waals surface area contributed by atoms with Gasteiger partial charge in [0, 0.05) is 29.8 Å². The van der Waals surface area contributed by atoms with Gasteiger partial charge in [0.15, 0.2) is 5.82 Å². The molecule has 0 saturated heterocycles. The monoisotopic (exact) mass is 638 g/mol. The number of amides is 3. The highest BCUT2D eigenvalue weighted by Gasteiger charge is 2.73. The summed E-state index contributed by atoms with van der Waals surface area (Å²) in [6.45, 7) is 0.387. The second-order valence-electron chi connectivity index (χ2n) is 9.44. The molecule has 3 rings (SSSR count). The maximum absolute atomic E-state index is 15.8. The number of hydrogen-bond donors (Lipinski definition) is 3. The molecule has 3 amide bonds. The minimum absolute atomic E-state index is 0.0400. The molecule has 0 aromatic heterocycles. The van der Waals surface area contributed by atoms with Crippen LogP contribution in [0.15, 0.2) is 54.6 Å². The van der Waals surface area contributed by atoms with Gasteiger partial charge in [0.2, 0.25) is 5.91 Å². The van der Waals surface area contributed by atoms with Gasteiger partial charge in [-0.3, -0.25) is 19.6 Å². The molecule has 0 aliphatic rings. The van der Waals surface area contributed by atoms with Gasteiger partial charge >= 0.3 is 18.0 Å². The van der Waals surface area contributed by atoms with Crippen LogP contribution in [-0.4, -0.2) is 49.7 Å². The van der Waals surface area contributed by atoms with E-state index in [0.29, 0.717) is 0 Å². The van der Waals surface area contributed by atoms with E-state index in [2.05, 4.69) is 5.32 Å². The van der Waals surface area contributed by atoms with E-state index in [0.717, 1.165) is 30.0 Å². The van der Waals surface area contributed by atoms with Crippen molar-refractivity contribution >= 4 is 42.4 Å². The quantitative estimate of drug-likeness (QED) is 0.141. The second-order valence-corrected chi connectivity index (χ2v) is 9.44. The van der Waals surface area contributed by atoms with Crippen LogP contribution in [0.4, 0.5) is 46.5 Å². The van der Waals surface area contributed by atoms with Crippen LogP contribution in [-0.2, 0) is 10.5 Å². The zero-order valence-electron chi connectivity index (χ0n) is 22.8. The number of carbonyl (C=O) groups excluding carboxylic acids is 3. The summed E-state index contributed by atoms with van der Waals surface area (Å²) < 4.78 is 110. The molecule has 0 fully saturated rings. The summed E-state index contributed by atoms with van der Waals surface area (Å²) in [5.74, 6) is -4.55. The molecule has 0 aliphatic heterocycles. The summed E-state index contributed by atoms with van der Waals surface area (Å²) in [5.41, 5.74) is -9.73. The Hall–Kier alpha value is -4.98. The molecular formula is C28H19BF8N4O4. The Bertz CT molecular complexity index is 1650. The summed E-state index contributed by atoms with van der Waals surface area (Å²) in [5, 5.41) is 20.0. The zero-order chi connectivity index (χ0) is 33.9. The van der Waals surface area contributed by atoms with E-state index >= 15 is 4.39 Å². The number of benzene rings is 3.